The molecule has 162 valence electrons. The topological polar surface area (TPSA) is 53.4 Å². The van der Waals surface area contributed by atoms with Crippen molar-refractivity contribution in [2.75, 3.05) is 44.2 Å². The Bertz CT molecular complexity index is 949. The van der Waals surface area contributed by atoms with Gasteiger partial charge in [-0.1, -0.05) is 42.5 Å². The predicted octanol–water partition coefficient (Wildman–Crippen LogP) is 3.11. The highest BCUT2D eigenvalue weighted by molar-refractivity contribution is 5.83. The molecule has 0 spiro atoms. The first-order valence-corrected chi connectivity index (χ1v) is 11.1. The highest BCUT2D eigenvalue weighted by atomic mass is 16.2. The number of anilines is 1. The van der Waals surface area contributed by atoms with E-state index in [-0.39, 0.29) is 5.91 Å². The van der Waals surface area contributed by atoms with E-state index in [1.165, 1.54) is 11.3 Å². The molecular weight excluding hydrogens is 386 g/mol. The monoisotopic (exact) mass is 417 g/mol. The van der Waals surface area contributed by atoms with Crippen LogP contribution in [0.15, 0.2) is 73.1 Å². The molecule has 1 unspecified atom stereocenters. The first-order valence-electron chi connectivity index (χ1n) is 11.1. The van der Waals surface area contributed by atoms with E-state index in [0.29, 0.717) is 6.54 Å². The van der Waals surface area contributed by atoms with E-state index in [4.69, 9.17) is 0 Å². The largest absolute Gasteiger partial charge is 0.369 e. The van der Waals surface area contributed by atoms with Crippen molar-refractivity contribution in [3.8, 4) is 0 Å². The number of rotatable bonds is 8. The van der Waals surface area contributed by atoms with Crippen molar-refractivity contribution in [2.45, 2.75) is 19.4 Å². The zero-order valence-electron chi connectivity index (χ0n) is 18.2. The predicted molar refractivity (Wildman–Crippen MR) is 124 cm³/mol. The lowest BCUT2D eigenvalue weighted by Gasteiger charge is -2.36. The van der Waals surface area contributed by atoms with Crippen molar-refractivity contribution in [3.63, 3.8) is 0 Å². The fraction of sp³-hybridized carbons (Fsp3) is 0.360. The van der Waals surface area contributed by atoms with E-state index < -0.39 is 6.04 Å². The molecule has 2 heterocycles. The van der Waals surface area contributed by atoms with E-state index in [1.54, 1.807) is 10.9 Å². The van der Waals surface area contributed by atoms with E-state index in [9.17, 15) is 4.79 Å². The second kappa shape index (κ2) is 10.3. The molecule has 0 saturated carbocycles. The Morgan fingerprint density at radius 1 is 1.03 bits per heavy atom. The summed E-state index contributed by atoms with van der Waals surface area (Å²) in [4.78, 5) is 17.9. The summed E-state index contributed by atoms with van der Waals surface area (Å²) in [6, 6.07) is 19.9. The Labute approximate surface area is 184 Å². The molecule has 1 aromatic heterocycles. The lowest BCUT2D eigenvalue weighted by molar-refractivity contribution is -0.123. The first kappa shape index (κ1) is 21.1. The Hall–Kier alpha value is -3.12. The molecule has 1 aliphatic rings. The SMILES string of the molecule is Cc1cccc(N2CCN(CCCNC(=O)C(c3ccccc3)n3cccn3)CC2)c1. The van der Waals surface area contributed by atoms with Crippen molar-refractivity contribution < 1.29 is 4.79 Å². The van der Waals surface area contributed by atoms with Crippen LogP contribution in [-0.4, -0.2) is 59.9 Å². The number of aryl methyl sites for hydroxylation is 1. The van der Waals surface area contributed by atoms with Crippen LogP contribution in [0.1, 0.15) is 23.6 Å². The Morgan fingerprint density at radius 3 is 2.55 bits per heavy atom. The summed E-state index contributed by atoms with van der Waals surface area (Å²) in [6.07, 6.45) is 4.49. The maximum atomic E-state index is 12.9. The molecule has 1 amide bonds. The van der Waals surface area contributed by atoms with Gasteiger partial charge in [-0.25, -0.2) is 0 Å². The number of hydrogen-bond donors (Lipinski definition) is 1. The summed E-state index contributed by atoms with van der Waals surface area (Å²) < 4.78 is 1.72. The number of hydrogen-bond acceptors (Lipinski definition) is 4. The summed E-state index contributed by atoms with van der Waals surface area (Å²) in [5, 5.41) is 7.41. The van der Waals surface area contributed by atoms with Crippen LogP contribution in [0, 0.1) is 6.92 Å². The number of aromatic nitrogens is 2. The van der Waals surface area contributed by atoms with Gasteiger partial charge in [0, 0.05) is 50.8 Å². The van der Waals surface area contributed by atoms with Gasteiger partial charge in [-0.15, -0.1) is 0 Å². The van der Waals surface area contributed by atoms with Gasteiger partial charge < -0.3 is 10.2 Å². The van der Waals surface area contributed by atoms with Crippen LogP contribution in [0.5, 0.6) is 0 Å². The van der Waals surface area contributed by atoms with Gasteiger partial charge in [0.1, 0.15) is 0 Å². The second-order valence-corrected chi connectivity index (χ2v) is 8.11. The third kappa shape index (κ3) is 5.52. The number of piperazine rings is 1. The molecule has 6 nitrogen and oxygen atoms in total. The number of carbonyl (C=O) groups excluding carboxylic acids is 1. The first-order chi connectivity index (χ1) is 15.2. The molecule has 0 aliphatic carbocycles. The van der Waals surface area contributed by atoms with Gasteiger partial charge in [0.25, 0.3) is 0 Å². The molecule has 1 fully saturated rings. The molecule has 4 rings (SSSR count). The molecule has 1 saturated heterocycles. The highest BCUT2D eigenvalue weighted by Crippen LogP contribution is 2.19. The molecular formula is C25H31N5O. The minimum Gasteiger partial charge on any atom is -0.369 e. The van der Waals surface area contributed by atoms with Crippen LogP contribution in [-0.2, 0) is 4.79 Å². The molecule has 2 aromatic carbocycles. The zero-order valence-corrected chi connectivity index (χ0v) is 18.2. The van der Waals surface area contributed by atoms with Crippen molar-refractivity contribution in [1.82, 2.24) is 20.0 Å². The van der Waals surface area contributed by atoms with Crippen molar-refractivity contribution >= 4 is 11.6 Å². The van der Waals surface area contributed by atoms with Gasteiger partial charge in [-0.05, 0) is 49.2 Å². The Morgan fingerprint density at radius 2 is 1.84 bits per heavy atom. The van der Waals surface area contributed by atoms with E-state index in [0.717, 1.165) is 44.7 Å². The van der Waals surface area contributed by atoms with Crippen LogP contribution in [0.25, 0.3) is 0 Å². The van der Waals surface area contributed by atoms with Gasteiger partial charge in [0.15, 0.2) is 6.04 Å². The normalized spacial score (nSPS) is 15.6. The molecule has 31 heavy (non-hydrogen) atoms. The van der Waals surface area contributed by atoms with Crippen molar-refractivity contribution in [1.29, 1.82) is 0 Å². The average molecular weight is 418 g/mol. The number of benzene rings is 2. The molecule has 0 bridgehead atoms. The van der Waals surface area contributed by atoms with Gasteiger partial charge in [-0.3, -0.25) is 14.4 Å². The zero-order chi connectivity index (χ0) is 21.5. The fourth-order valence-electron chi connectivity index (χ4n) is 4.16. The Balaban J connectivity index is 1.23. The second-order valence-electron chi connectivity index (χ2n) is 8.11. The lowest BCUT2D eigenvalue weighted by atomic mass is 10.1. The number of nitrogens with one attached hydrogen (secondary N) is 1. The summed E-state index contributed by atoms with van der Waals surface area (Å²) >= 11 is 0. The van der Waals surface area contributed by atoms with Crippen LogP contribution in [0.3, 0.4) is 0 Å². The molecule has 1 N–H and O–H groups in total. The standard InChI is InChI=1S/C25H31N5O/c1-21-8-5-11-23(20-21)29-18-16-28(17-19-29)14-6-12-26-25(31)24(30-15-7-13-27-30)22-9-3-2-4-10-22/h2-5,7-11,13,15,20,24H,6,12,14,16-19H2,1H3,(H,26,31). The van der Waals surface area contributed by atoms with Crippen LogP contribution < -0.4 is 10.2 Å². The number of nitrogens with zero attached hydrogens (tertiary/aromatic N) is 4. The fourth-order valence-corrected chi connectivity index (χ4v) is 4.16. The average Bonchev–Trinajstić information content (AvgIpc) is 3.32. The highest BCUT2D eigenvalue weighted by Gasteiger charge is 2.22. The molecule has 6 heteroatoms. The van der Waals surface area contributed by atoms with Crippen molar-refractivity contribution in [3.05, 3.63) is 84.2 Å². The van der Waals surface area contributed by atoms with Crippen LogP contribution >= 0.6 is 0 Å². The summed E-state index contributed by atoms with van der Waals surface area (Å²) in [5.41, 5.74) is 3.56. The molecule has 3 aromatic rings. The van der Waals surface area contributed by atoms with Gasteiger partial charge in [0.2, 0.25) is 5.91 Å². The van der Waals surface area contributed by atoms with Gasteiger partial charge in [-0.2, -0.15) is 5.10 Å². The van der Waals surface area contributed by atoms with E-state index >= 15 is 0 Å². The number of amides is 1. The minimum absolute atomic E-state index is 0.0147. The van der Waals surface area contributed by atoms with Crippen LogP contribution in [0.4, 0.5) is 5.69 Å². The number of carbonyl (C=O) groups is 1. The summed E-state index contributed by atoms with van der Waals surface area (Å²) in [7, 11) is 0. The maximum absolute atomic E-state index is 12.9. The minimum atomic E-state index is -0.436. The molecule has 1 atom stereocenters. The van der Waals surface area contributed by atoms with E-state index in [2.05, 4.69) is 51.4 Å². The maximum Gasteiger partial charge on any atom is 0.249 e. The van der Waals surface area contributed by atoms with Crippen molar-refractivity contribution in [2.24, 2.45) is 0 Å². The Kier molecular flexibility index (Phi) is 6.99. The van der Waals surface area contributed by atoms with Crippen LogP contribution in [0.2, 0.25) is 0 Å². The smallest absolute Gasteiger partial charge is 0.249 e. The van der Waals surface area contributed by atoms with Gasteiger partial charge in [0.05, 0.1) is 0 Å². The molecule has 0 radical (unpaired) electrons. The quantitative estimate of drug-likeness (QED) is 0.572. The third-order valence-electron chi connectivity index (χ3n) is 5.84. The van der Waals surface area contributed by atoms with E-state index in [1.807, 2.05) is 42.6 Å². The molecule has 1 aliphatic heterocycles. The van der Waals surface area contributed by atoms with Gasteiger partial charge >= 0.3 is 0 Å². The summed E-state index contributed by atoms with van der Waals surface area (Å²) in [6.45, 7) is 8.02. The third-order valence-corrected chi connectivity index (χ3v) is 5.84. The summed E-state index contributed by atoms with van der Waals surface area (Å²) in [5.74, 6) is -0.0147. The lowest BCUT2D eigenvalue weighted by Crippen LogP contribution is -2.47.